The maximum Gasteiger partial charge on any atom is 0.0589 e. The third-order valence-corrected chi connectivity index (χ3v) is 2.29. The molecule has 0 aromatic heterocycles. The van der Waals surface area contributed by atoms with Gasteiger partial charge in [-0.15, -0.1) is 0 Å². The summed E-state index contributed by atoms with van der Waals surface area (Å²) in [5.74, 6) is 0.521. The van der Waals surface area contributed by atoms with Crippen molar-refractivity contribution >= 4 is 0 Å². The van der Waals surface area contributed by atoms with Gasteiger partial charge in [-0.3, -0.25) is 4.90 Å². The normalized spacial score (nSPS) is 15.0. The highest BCUT2D eigenvalue weighted by molar-refractivity contribution is 4.73. The minimum absolute atomic E-state index is 0.256. The fourth-order valence-corrected chi connectivity index (χ4v) is 1.19. The summed E-state index contributed by atoms with van der Waals surface area (Å²) in [5.41, 5.74) is 0. The van der Waals surface area contributed by atoms with E-state index in [1.54, 1.807) is 0 Å². The molecule has 0 aliphatic heterocycles. The number of rotatable bonds is 4. The number of aliphatic hydroxyl groups is 1. The van der Waals surface area contributed by atoms with Crippen molar-refractivity contribution in [3.63, 3.8) is 0 Å². The molecule has 0 heterocycles. The summed E-state index contributed by atoms with van der Waals surface area (Å²) in [6.45, 7) is 8.82. The first kappa shape index (κ1) is 10.9. The molecule has 0 saturated carbocycles. The second-order valence-corrected chi connectivity index (χ2v) is 3.75. The fourth-order valence-electron chi connectivity index (χ4n) is 1.19. The summed E-state index contributed by atoms with van der Waals surface area (Å²) in [6, 6.07) is 0.810. The second-order valence-electron chi connectivity index (χ2n) is 3.75. The standard InChI is InChI=1S/C9H21NO/c1-7(2)9(6-11)10(5)8(3)4/h7-9,11H,6H2,1-5H3. The van der Waals surface area contributed by atoms with Gasteiger partial charge >= 0.3 is 0 Å². The molecular formula is C9H21NO. The van der Waals surface area contributed by atoms with Gasteiger partial charge in [0.05, 0.1) is 6.61 Å². The highest BCUT2D eigenvalue weighted by Gasteiger charge is 2.18. The van der Waals surface area contributed by atoms with Crippen LogP contribution in [0.25, 0.3) is 0 Å². The number of likely N-dealkylation sites (N-methyl/N-ethyl adjacent to an activating group) is 1. The molecule has 0 radical (unpaired) electrons. The van der Waals surface area contributed by atoms with E-state index in [-0.39, 0.29) is 6.61 Å². The van der Waals surface area contributed by atoms with Crippen LogP contribution in [-0.2, 0) is 0 Å². The van der Waals surface area contributed by atoms with E-state index < -0.39 is 0 Å². The van der Waals surface area contributed by atoms with E-state index in [1.807, 2.05) is 0 Å². The van der Waals surface area contributed by atoms with Gasteiger partial charge in [0.25, 0.3) is 0 Å². The van der Waals surface area contributed by atoms with Gasteiger partial charge in [0, 0.05) is 12.1 Å². The van der Waals surface area contributed by atoms with Crippen LogP contribution in [0.3, 0.4) is 0 Å². The molecule has 2 nitrogen and oxygen atoms in total. The fraction of sp³-hybridized carbons (Fsp3) is 1.00. The Morgan fingerprint density at radius 1 is 1.18 bits per heavy atom. The van der Waals surface area contributed by atoms with Crippen LogP contribution in [0.4, 0.5) is 0 Å². The smallest absolute Gasteiger partial charge is 0.0589 e. The lowest BCUT2D eigenvalue weighted by atomic mass is 10.0. The van der Waals surface area contributed by atoms with Crippen molar-refractivity contribution in [2.75, 3.05) is 13.7 Å². The van der Waals surface area contributed by atoms with Crippen LogP contribution in [0.5, 0.6) is 0 Å². The molecule has 1 atom stereocenters. The highest BCUT2D eigenvalue weighted by Crippen LogP contribution is 2.10. The van der Waals surface area contributed by atoms with Gasteiger partial charge in [0.1, 0.15) is 0 Å². The first-order valence-electron chi connectivity index (χ1n) is 4.33. The Morgan fingerprint density at radius 3 is 1.73 bits per heavy atom. The topological polar surface area (TPSA) is 23.5 Å². The minimum atomic E-state index is 0.256. The van der Waals surface area contributed by atoms with E-state index in [0.717, 1.165) is 0 Å². The number of nitrogens with zero attached hydrogens (tertiary/aromatic N) is 1. The molecule has 0 aliphatic rings. The van der Waals surface area contributed by atoms with Gasteiger partial charge in [-0.1, -0.05) is 13.8 Å². The average Bonchev–Trinajstić information content (AvgIpc) is 1.88. The van der Waals surface area contributed by atoms with Gasteiger partial charge in [-0.25, -0.2) is 0 Å². The van der Waals surface area contributed by atoms with Gasteiger partial charge in [-0.05, 0) is 26.8 Å². The molecule has 68 valence electrons. The van der Waals surface area contributed by atoms with Crippen molar-refractivity contribution in [1.29, 1.82) is 0 Å². The summed E-state index contributed by atoms with van der Waals surface area (Å²) in [5, 5.41) is 9.07. The van der Waals surface area contributed by atoms with Crippen LogP contribution >= 0.6 is 0 Å². The van der Waals surface area contributed by atoms with Crippen molar-refractivity contribution in [1.82, 2.24) is 4.90 Å². The highest BCUT2D eigenvalue weighted by atomic mass is 16.3. The van der Waals surface area contributed by atoms with Crippen molar-refractivity contribution in [3.8, 4) is 0 Å². The third kappa shape index (κ3) is 3.21. The molecule has 1 unspecified atom stereocenters. The van der Waals surface area contributed by atoms with E-state index in [9.17, 15) is 0 Å². The average molecular weight is 159 g/mol. The summed E-state index contributed by atoms with van der Waals surface area (Å²) < 4.78 is 0. The van der Waals surface area contributed by atoms with Crippen LogP contribution in [0.1, 0.15) is 27.7 Å². The van der Waals surface area contributed by atoms with Gasteiger partial charge in [0.15, 0.2) is 0 Å². The lowest BCUT2D eigenvalue weighted by Crippen LogP contribution is -2.42. The quantitative estimate of drug-likeness (QED) is 0.669. The largest absolute Gasteiger partial charge is 0.395 e. The van der Waals surface area contributed by atoms with E-state index in [4.69, 9.17) is 5.11 Å². The third-order valence-electron chi connectivity index (χ3n) is 2.29. The summed E-state index contributed by atoms with van der Waals surface area (Å²) in [6.07, 6.45) is 0. The molecule has 0 aromatic rings. The minimum Gasteiger partial charge on any atom is -0.395 e. The first-order valence-corrected chi connectivity index (χ1v) is 4.33. The summed E-state index contributed by atoms with van der Waals surface area (Å²) in [7, 11) is 2.06. The van der Waals surface area contributed by atoms with Crippen LogP contribution in [0, 0.1) is 5.92 Å². The molecule has 0 aliphatic carbocycles. The molecule has 0 fully saturated rings. The predicted molar refractivity (Wildman–Crippen MR) is 48.6 cm³/mol. The Labute approximate surface area is 70.2 Å². The Kier molecular flexibility index (Phi) is 4.69. The van der Waals surface area contributed by atoms with Gasteiger partial charge < -0.3 is 5.11 Å². The Hall–Kier alpha value is -0.0800. The molecule has 2 heteroatoms. The zero-order chi connectivity index (χ0) is 9.02. The van der Waals surface area contributed by atoms with Crippen LogP contribution in [0.2, 0.25) is 0 Å². The summed E-state index contributed by atoms with van der Waals surface area (Å²) in [4.78, 5) is 2.21. The molecule has 1 N–H and O–H groups in total. The maximum absolute atomic E-state index is 9.07. The Morgan fingerprint density at radius 2 is 1.64 bits per heavy atom. The molecular weight excluding hydrogens is 138 g/mol. The lowest BCUT2D eigenvalue weighted by molar-refractivity contribution is 0.0900. The Balaban J connectivity index is 4.02. The van der Waals surface area contributed by atoms with Crippen molar-refractivity contribution < 1.29 is 5.11 Å². The van der Waals surface area contributed by atoms with Crippen LogP contribution < -0.4 is 0 Å². The molecule has 0 spiro atoms. The number of hydrogen-bond acceptors (Lipinski definition) is 2. The van der Waals surface area contributed by atoms with Gasteiger partial charge in [0.2, 0.25) is 0 Å². The Bertz CT molecular complexity index is 102. The second kappa shape index (κ2) is 4.73. The van der Waals surface area contributed by atoms with E-state index in [1.165, 1.54) is 0 Å². The van der Waals surface area contributed by atoms with E-state index in [2.05, 4.69) is 39.6 Å². The molecule has 0 amide bonds. The summed E-state index contributed by atoms with van der Waals surface area (Å²) >= 11 is 0. The van der Waals surface area contributed by atoms with Crippen molar-refractivity contribution in [2.45, 2.75) is 39.8 Å². The lowest BCUT2D eigenvalue weighted by Gasteiger charge is -2.32. The van der Waals surface area contributed by atoms with Crippen LogP contribution in [0.15, 0.2) is 0 Å². The first-order chi connectivity index (χ1) is 5.00. The molecule has 11 heavy (non-hydrogen) atoms. The monoisotopic (exact) mass is 159 g/mol. The maximum atomic E-state index is 9.07. The van der Waals surface area contributed by atoms with Crippen molar-refractivity contribution in [3.05, 3.63) is 0 Å². The predicted octanol–water partition coefficient (Wildman–Crippen LogP) is 1.34. The molecule has 0 aromatic carbocycles. The SMILES string of the molecule is CC(C)C(CO)N(C)C(C)C. The zero-order valence-electron chi connectivity index (χ0n) is 8.33. The number of hydrogen-bond donors (Lipinski definition) is 1. The van der Waals surface area contributed by atoms with Crippen LogP contribution in [-0.4, -0.2) is 35.7 Å². The van der Waals surface area contributed by atoms with Crippen molar-refractivity contribution in [2.24, 2.45) is 5.92 Å². The molecule has 0 rings (SSSR count). The zero-order valence-corrected chi connectivity index (χ0v) is 8.33. The van der Waals surface area contributed by atoms with Gasteiger partial charge in [-0.2, -0.15) is 0 Å². The van der Waals surface area contributed by atoms with E-state index in [0.29, 0.717) is 18.0 Å². The molecule has 0 bridgehead atoms. The van der Waals surface area contributed by atoms with E-state index >= 15 is 0 Å². The number of aliphatic hydroxyl groups excluding tert-OH is 1. The molecule has 0 saturated heterocycles.